The minimum Gasteiger partial charge on any atom is -0.450 e. The Labute approximate surface area is 98.5 Å². The van der Waals surface area contributed by atoms with E-state index in [2.05, 4.69) is 4.74 Å². The molecular weight excluding hydrogens is 303 g/mol. The van der Waals surface area contributed by atoms with Gasteiger partial charge in [-0.3, -0.25) is 0 Å². The van der Waals surface area contributed by atoms with E-state index in [1.165, 1.54) is 0 Å². The molecule has 0 aromatic carbocycles. The molecule has 0 spiro atoms. The maximum absolute atomic E-state index is 12.7. The molecule has 0 aromatic rings. The van der Waals surface area contributed by atoms with Crippen LogP contribution in [0.2, 0.25) is 0 Å². The number of ether oxygens (including phenoxy) is 1. The molecule has 0 atom stereocenters. The summed E-state index contributed by atoms with van der Waals surface area (Å²) in [4.78, 5) is 9.71. The Morgan fingerprint density at radius 2 is 1.32 bits per heavy atom. The summed E-state index contributed by atoms with van der Waals surface area (Å²) in [5.74, 6) is -19.5. The van der Waals surface area contributed by atoms with Gasteiger partial charge in [0.05, 0.1) is 6.42 Å². The van der Waals surface area contributed by atoms with Crippen LogP contribution in [0.5, 0.6) is 0 Å². The SMILES string of the molecule is O=C(O)OCCC(F)(F)C(F)(F)C(F)(F)C(F)(F)F. The first-order valence-corrected chi connectivity index (χ1v) is 4.22. The van der Waals surface area contributed by atoms with Gasteiger partial charge in [0.2, 0.25) is 0 Å². The average Bonchev–Trinajstić information content (AvgIpc) is 2.14. The molecule has 3 nitrogen and oxygen atoms in total. The number of carboxylic acid groups (broad SMARTS) is 1. The largest absolute Gasteiger partial charge is 0.505 e. The van der Waals surface area contributed by atoms with Gasteiger partial charge in [-0.1, -0.05) is 0 Å². The lowest BCUT2D eigenvalue weighted by molar-refractivity contribution is -0.397. The van der Waals surface area contributed by atoms with E-state index in [1.807, 2.05) is 0 Å². The molecule has 0 saturated heterocycles. The predicted molar refractivity (Wildman–Crippen MR) is 39.5 cm³/mol. The molecule has 0 unspecified atom stereocenters. The van der Waals surface area contributed by atoms with Crippen LogP contribution >= 0.6 is 0 Å². The van der Waals surface area contributed by atoms with Crippen molar-refractivity contribution in [1.29, 1.82) is 0 Å². The molecule has 114 valence electrons. The number of rotatable bonds is 5. The quantitative estimate of drug-likeness (QED) is 0.624. The van der Waals surface area contributed by atoms with Crippen molar-refractivity contribution in [3.63, 3.8) is 0 Å². The van der Waals surface area contributed by atoms with E-state index >= 15 is 0 Å². The maximum atomic E-state index is 12.7. The number of halogens is 9. The third-order valence-electron chi connectivity index (χ3n) is 1.85. The molecule has 0 bridgehead atoms. The summed E-state index contributed by atoms with van der Waals surface area (Å²) >= 11 is 0. The highest BCUT2D eigenvalue weighted by Crippen LogP contribution is 2.53. The highest BCUT2D eigenvalue weighted by atomic mass is 19.4. The minimum absolute atomic E-state index is 1.67. The molecule has 0 aliphatic heterocycles. The molecule has 0 fully saturated rings. The summed E-state index contributed by atoms with van der Waals surface area (Å²) in [5.41, 5.74) is 0. The van der Waals surface area contributed by atoms with E-state index < -0.39 is 43.1 Å². The van der Waals surface area contributed by atoms with Gasteiger partial charge < -0.3 is 9.84 Å². The zero-order chi connectivity index (χ0) is 15.7. The highest BCUT2D eigenvalue weighted by molar-refractivity contribution is 5.56. The molecule has 0 amide bonds. The van der Waals surface area contributed by atoms with E-state index in [9.17, 15) is 44.3 Å². The number of hydrogen-bond acceptors (Lipinski definition) is 2. The van der Waals surface area contributed by atoms with Crippen molar-refractivity contribution in [2.24, 2.45) is 0 Å². The maximum Gasteiger partial charge on any atom is 0.505 e. The van der Waals surface area contributed by atoms with E-state index in [1.54, 1.807) is 0 Å². The fourth-order valence-electron chi connectivity index (χ4n) is 0.831. The Hall–Kier alpha value is -1.36. The van der Waals surface area contributed by atoms with Crippen LogP contribution in [0.25, 0.3) is 0 Å². The molecule has 0 heterocycles. The first-order chi connectivity index (χ1) is 8.17. The number of hydrogen-bond donors (Lipinski definition) is 1. The van der Waals surface area contributed by atoms with Gasteiger partial charge in [-0.25, -0.2) is 4.79 Å². The Morgan fingerprint density at radius 3 is 1.63 bits per heavy atom. The molecule has 1 N–H and O–H groups in total. The summed E-state index contributed by atoms with van der Waals surface area (Å²) in [6.07, 6.45) is -11.4. The molecular formula is C7H5F9O3. The van der Waals surface area contributed by atoms with Gasteiger partial charge in [0.25, 0.3) is 0 Å². The topological polar surface area (TPSA) is 46.5 Å². The van der Waals surface area contributed by atoms with Crippen molar-refractivity contribution in [2.45, 2.75) is 30.4 Å². The van der Waals surface area contributed by atoms with Crippen LogP contribution in [-0.2, 0) is 4.74 Å². The smallest absolute Gasteiger partial charge is 0.450 e. The lowest BCUT2D eigenvalue weighted by atomic mass is 10.0. The zero-order valence-electron chi connectivity index (χ0n) is 8.58. The van der Waals surface area contributed by atoms with Crippen molar-refractivity contribution in [1.82, 2.24) is 0 Å². The summed E-state index contributed by atoms with van der Waals surface area (Å²) in [7, 11) is 0. The first kappa shape index (κ1) is 17.6. The van der Waals surface area contributed by atoms with Gasteiger partial charge in [-0.05, 0) is 0 Å². The van der Waals surface area contributed by atoms with Crippen LogP contribution in [0.1, 0.15) is 6.42 Å². The second-order valence-electron chi connectivity index (χ2n) is 3.22. The summed E-state index contributed by atoms with van der Waals surface area (Å²) in [6, 6.07) is 0. The van der Waals surface area contributed by atoms with Gasteiger partial charge in [0.15, 0.2) is 0 Å². The zero-order valence-corrected chi connectivity index (χ0v) is 8.58. The lowest BCUT2D eigenvalue weighted by Crippen LogP contribution is -2.61. The first-order valence-electron chi connectivity index (χ1n) is 4.22. The molecule has 0 radical (unpaired) electrons. The van der Waals surface area contributed by atoms with Crippen LogP contribution in [0.15, 0.2) is 0 Å². The third-order valence-corrected chi connectivity index (χ3v) is 1.85. The van der Waals surface area contributed by atoms with Crippen molar-refractivity contribution in [3.05, 3.63) is 0 Å². The molecule has 19 heavy (non-hydrogen) atoms. The van der Waals surface area contributed by atoms with Crippen LogP contribution < -0.4 is 0 Å². The second-order valence-corrected chi connectivity index (χ2v) is 3.22. The van der Waals surface area contributed by atoms with E-state index in [-0.39, 0.29) is 0 Å². The van der Waals surface area contributed by atoms with Gasteiger partial charge >= 0.3 is 30.1 Å². The second kappa shape index (κ2) is 4.96. The van der Waals surface area contributed by atoms with Crippen molar-refractivity contribution in [3.8, 4) is 0 Å². The summed E-state index contributed by atoms with van der Waals surface area (Å²) in [5, 5.41) is 7.82. The van der Waals surface area contributed by atoms with E-state index in [4.69, 9.17) is 5.11 Å². The van der Waals surface area contributed by atoms with Crippen LogP contribution in [0, 0.1) is 0 Å². The Bertz CT molecular complexity index is 335. The van der Waals surface area contributed by atoms with Gasteiger partial charge in [0.1, 0.15) is 6.61 Å². The standard InChI is InChI=1S/C7H5F9O3/c8-4(9,1-2-19-3(17)18)5(10,11)6(12,13)7(14,15)16/h1-2H2,(H,17,18). The normalized spacial score (nSPS) is 14.4. The average molecular weight is 308 g/mol. The molecule has 0 aliphatic carbocycles. The van der Waals surface area contributed by atoms with Crippen LogP contribution in [0.3, 0.4) is 0 Å². The van der Waals surface area contributed by atoms with E-state index in [0.29, 0.717) is 0 Å². The molecule has 0 aromatic heterocycles. The van der Waals surface area contributed by atoms with Crippen molar-refractivity contribution >= 4 is 6.16 Å². The number of carbonyl (C=O) groups is 1. The molecule has 0 aliphatic rings. The molecule has 0 rings (SSSR count). The minimum atomic E-state index is -6.98. The Morgan fingerprint density at radius 1 is 0.895 bits per heavy atom. The van der Waals surface area contributed by atoms with Gasteiger partial charge in [0, 0.05) is 0 Å². The lowest BCUT2D eigenvalue weighted by Gasteiger charge is -2.33. The summed E-state index contributed by atoms with van der Waals surface area (Å²) < 4.78 is 113. The summed E-state index contributed by atoms with van der Waals surface area (Å²) in [6.45, 7) is -1.67. The van der Waals surface area contributed by atoms with Crippen LogP contribution in [-0.4, -0.2) is 41.8 Å². The molecule has 0 saturated carbocycles. The monoisotopic (exact) mass is 308 g/mol. The van der Waals surface area contributed by atoms with Gasteiger partial charge in [-0.15, -0.1) is 0 Å². The van der Waals surface area contributed by atoms with Crippen molar-refractivity contribution < 1.29 is 54.2 Å². The fourth-order valence-corrected chi connectivity index (χ4v) is 0.831. The van der Waals surface area contributed by atoms with Crippen LogP contribution in [0.4, 0.5) is 44.3 Å². The third kappa shape index (κ3) is 3.35. The fraction of sp³-hybridized carbons (Fsp3) is 0.857. The Kier molecular flexibility index (Phi) is 4.61. The Balaban J connectivity index is 5.11. The van der Waals surface area contributed by atoms with Gasteiger partial charge in [-0.2, -0.15) is 39.5 Å². The highest BCUT2D eigenvalue weighted by Gasteiger charge is 2.81. The molecule has 12 heteroatoms. The van der Waals surface area contributed by atoms with Crippen molar-refractivity contribution in [2.75, 3.05) is 6.61 Å². The number of alkyl halides is 9. The van der Waals surface area contributed by atoms with E-state index in [0.717, 1.165) is 0 Å². The predicted octanol–water partition coefficient (Wildman–Crippen LogP) is 3.54.